The van der Waals surface area contributed by atoms with Crippen LogP contribution in [-0.2, 0) is 19.2 Å². The van der Waals surface area contributed by atoms with E-state index in [0.717, 1.165) is 64.2 Å². The lowest BCUT2D eigenvalue weighted by Crippen LogP contribution is -2.57. The molecule has 0 spiro atoms. The molecular weight excluding hydrogens is 452 g/mol. The van der Waals surface area contributed by atoms with Gasteiger partial charge in [-0.25, -0.2) is 4.79 Å². The molecule has 4 atom stereocenters. The van der Waals surface area contributed by atoms with Crippen molar-refractivity contribution in [3.8, 4) is 0 Å². The number of hydrogen-bond acceptors (Lipinski definition) is 5. The predicted molar refractivity (Wildman–Crippen MR) is 128 cm³/mol. The summed E-state index contributed by atoms with van der Waals surface area (Å²) in [6.45, 7) is 0.558. The molecule has 0 aromatic heterocycles. The molecule has 2 saturated carbocycles. The van der Waals surface area contributed by atoms with Gasteiger partial charge in [-0.2, -0.15) is 0 Å². The Labute approximate surface area is 206 Å². The minimum Gasteiger partial charge on any atom is -0.465 e. The first-order chi connectivity index (χ1) is 16.9. The highest BCUT2D eigenvalue weighted by Gasteiger charge is 2.35. The molecule has 1 saturated heterocycles. The summed E-state index contributed by atoms with van der Waals surface area (Å²) < 4.78 is 0. The molecule has 0 radical (unpaired) electrons. The van der Waals surface area contributed by atoms with Gasteiger partial charge in [-0.15, -0.1) is 0 Å². The Morgan fingerprint density at radius 2 is 1.54 bits per heavy atom. The first kappa shape index (κ1) is 26.9. The Balaban J connectivity index is 1.69. The van der Waals surface area contributed by atoms with Gasteiger partial charge in [0, 0.05) is 12.5 Å². The van der Waals surface area contributed by atoms with E-state index in [1.807, 2.05) is 0 Å². The van der Waals surface area contributed by atoms with Crippen molar-refractivity contribution in [1.29, 1.82) is 0 Å². The van der Waals surface area contributed by atoms with E-state index in [0.29, 0.717) is 25.7 Å². The van der Waals surface area contributed by atoms with Crippen LogP contribution in [0.2, 0.25) is 0 Å². The molecule has 2 aliphatic carbocycles. The molecule has 5 N–H and O–H groups in total. The molecule has 3 rings (SSSR count). The van der Waals surface area contributed by atoms with Crippen LogP contribution in [0.5, 0.6) is 0 Å². The number of aldehydes is 1. The second-order valence-corrected chi connectivity index (χ2v) is 10.4. The van der Waals surface area contributed by atoms with Crippen LogP contribution in [-0.4, -0.2) is 59.9 Å². The Kier molecular flexibility index (Phi) is 10.3. The monoisotopic (exact) mass is 492 g/mol. The summed E-state index contributed by atoms with van der Waals surface area (Å²) >= 11 is 0. The molecule has 1 aliphatic heterocycles. The third-order valence-corrected chi connectivity index (χ3v) is 7.80. The summed E-state index contributed by atoms with van der Waals surface area (Å²) in [5.41, 5.74) is 0. The standard InChI is InChI=1S/C25H40N4O6/c30-15-19(14-18-11-12-26-22(18)31)27-23(32)20(13-16-7-3-1-4-8-16)28-24(33)21(29-25(34)35)17-9-5-2-6-10-17/h15-21,29H,1-14H2,(H,26,31)(H,27,32)(H,28,33)(H,34,35)/t18?,19?,20?,21-/m0/s1. The number of carbonyl (C=O) groups is 5. The molecule has 3 fully saturated rings. The van der Waals surface area contributed by atoms with Gasteiger partial charge in [0.05, 0.1) is 6.04 Å². The van der Waals surface area contributed by atoms with Gasteiger partial charge in [0.2, 0.25) is 17.7 Å². The summed E-state index contributed by atoms with van der Waals surface area (Å²) in [5.74, 6) is -1.23. The molecule has 3 aliphatic rings. The van der Waals surface area contributed by atoms with Crippen molar-refractivity contribution in [1.82, 2.24) is 21.3 Å². The van der Waals surface area contributed by atoms with Crippen molar-refractivity contribution in [3.63, 3.8) is 0 Å². The molecule has 0 aromatic rings. The fraction of sp³-hybridized carbons (Fsp3) is 0.800. The Hall–Kier alpha value is -2.65. The van der Waals surface area contributed by atoms with E-state index in [4.69, 9.17) is 0 Å². The van der Waals surface area contributed by atoms with E-state index in [1.165, 1.54) is 0 Å². The predicted octanol–water partition coefficient (Wildman–Crippen LogP) is 1.87. The van der Waals surface area contributed by atoms with Gasteiger partial charge in [0.1, 0.15) is 18.4 Å². The van der Waals surface area contributed by atoms with Crippen LogP contribution in [0.15, 0.2) is 0 Å². The maximum absolute atomic E-state index is 13.3. The Morgan fingerprint density at radius 1 is 0.886 bits per heavy atom. The highest BCUT2D eigenvalue weighted by atomic mass is 16.4. The topological polar surface area (TPSA) is 154 Å². The summed E-state index contributed by atoms with van der Waals surface area (Å²) in [6, 6.07) is -2.61. The van der Waals surface area contributed by atoms with E-state index in [9.17, 15) is 29.1 Å². The van der Waals surface area contributed by atoms with E-state index in [-0.39, 0.29) is 30.1 Å². The highest BCUT2D eigenvalue weighted by Crippen LogP contribution is 2.29. The molecule has 0 aromatic carbocycles. The fourth-order valence-corrected chi connectivity index (χ4v) is 5.86. The van der Waals surface area contributed by atoms with Crippen LogP contribution in [0.3, 0.4) is 0 Å². The third kappa shape index (κ3) is 8.21. The van der Waals surface area contributed by atoms with E-state index in [2.05, 4.69) is 21.3 Å². The summed E-state index contributed by atoms with van der Waals surface area (Å²) in [6.07, 6.45) is 10.4. The molecule has 10 heteroatoms. The highest BCUT2D eigenvalue weighted by molar-refractivity contribution is 5.92. The minimum atomic E-state index is -1.26. The van der Waals surface area contributed by atoms with Gasteiger partial charge < -0.3 is 31.2 Å². The normalized spacial score (nSPS) is 24.0. The zero-order chi connectivity index (χ0) is 25.2. The fourth-order valence-electron chi connectivity index (χ4n) is 5.86. The van der Waals surface area contributed by atoms with E-state index in [1.54, 1.807) is 0 Å². The second kappa shape index (κ2) is 13.4. The average Bonchev–Trinajstić information content (AvgIpc) is 3.26. The summed E-state index contributed by atoms with van der Waals surface area (Å²) in [7, 11) is 0. The number of carbonyl (C=O) groups excluding carboxylic acids is 4. The van der Waals surface area contributed by atoms with Crippen molar-refractivity contribution in [2.45, 2.75) is 102 Å². The smallest absolute Gasteiger partial charge is 0.405 e. The van der Waals surface area contributed by atoms with Crippen LogP contribution in [0.4, 0.5) is 4.79 Å². The number of carboxylic acid groups (broad SMARTS) is 1. The average molecular weight is 493 g/mol. The molecule has 4 amide bonds. The van der Waals surface area contributed by atoms with Gasteiger partial charge in [-0.05, 0) is 43.9 Å². The van der Waals surface area contributed by atoms with Crippen LogP contribution in [0.1, 0.15) is 83.5 Å². The first-order valence-corrected chi connectivity index (χ1v) is 13.2. The molecule has 35 heavy (non-hydrogen) atoms. The lowest BCUT2D eigenvalue weighted by molar-refractivity contribution is -0.132. The minimum absolute atomic E-state index is 0.109. The largest absolute Gasteiger partial charge is 0.465 e. The molecule has 3 unspecified atom stereocenters. The van der Waals surface area contributed by atoms with Gasteiger partial charge in [-0.3, -0.25) is 14.4 Å². The maximum atomic E-state index is 13.3. The van der Waals surface area contributed by atoms with Gasteiger partial charge >= 0.3 is 6.09 Å². The van der Waals surface area contributed by atoms with Crippen LogP contribution in [0, 0.1) is 17.8 Å². The lowest BCUT2D eigenvalue weighted by atomic mass is 9.82. The zero-order valence-electron chi connectivity index (χ0n) is 20.4. The third-order valence-electron chi connectivity index (χ3n) is 7.80. The SMILES string of the molecule is O=CC(CC1CCNC1=O)NC(=O)C(CC1CCCCC1)NC(=O)[C@@H](NC(=O)O)C1CCCCC1. The van der Waals surface area contributed by atoms with Crippen LogP contribution in [0.25, 0.3) is 0 Å². The Morgan fingerprint density at radius 3 is 2.11 bits per heavy atom. The van der Waals surface area contributed by atoms with Crippen LogP contribution < -0.4 is 21.3 Å². The summed E-state index contributed by atoms with van der Waals surface area (Å²) in [4.78, 5) is 61.6. The number of nitrogens with one attached hydrogen (secondary N) is 4. The molecule has 196 valence electrons. The quantitative estimate of drug-likeness (QED) is 0.278. The first-order valence-electron chi connectivity index (χ1n) is 13.2. The Bertz CT molecular complexity index is 763. The van der Waals surface area contributed by atoms with Crippen LogP contribution >= 0.6 is 0 Å². The number of hydrogen-bond donors (Lipinski definition) is 5. The second-order valence-electron chi connectivity index (χ2n) is 10.4. The van der Waals surface area contributed by atoms with Crippen molar-refractivity contribution >= 4 is 30.1 Å². The zero-order valence-corrected chi connectivity index (χ0v) is 20.4. The van der Waals surface area contributed by atoms with Crippen molar-refractivity contribution in [3.05, 3.63) is 0 Å². The molecule has 1 heterocycles. The molecule has 10 nitrogen and oxygen atoms in total. The van der Waals surface area contributed by atoms with Gasteiger partial charge in [0.15, 0.2) is 0 Å². The van der Waals surface area contributed by atoms with Crippen molar-refractivity contribution in [2.24, 2.45) is 17.8 Å². The number of rotatable bonds is 11. The van der Waals surface area contributed by atoms with Gasteiger partial charge in [0.25, 0.3) is 0 Å². The van der Waals surface area contributed by atoms with Gasteiger partial charge in [-0.1, -0.05) is 51.4 Å². The lowest BCUT2D eigenvalue weighted by Gasteiger charge is -2.32. The summed E-state index contributed by atoms with van der Waals surface area (Å²) in [5, 5.41) is 20.0. The maximum Gasteiger partial charge on any atom is 0.405 e. The van der Waals surface area contributed by atoms with Crippen molar-refractivity contribution < 1.29 is 29.1 Å². The number of amides is 4. The van der Waals surface area contributed by atoms with E-state index < -0.39 is 36.0 Å². The van der Waals surface area contributed by atoms with E-state index >= 15 is 0 Å². The molecular formula is C25H40N4O6. The van der Waals surface area contributed by atoms with Crippen molar-refractivity contribution in [2.75, 3.05) is 6.54 Å². The molecule has 0 bridgehead atoms.